The van der Waals surface area contributed by atoms with Gasteiger partial charge in [0.05, 0.1) is 5.41 Å². The first-order valence-corrected chi connectivity index (χ1v) is 16.0. The number of furan rings is 1. The van der Waals surface area contributed by atoms with Crippen LogP contribution in [0.1, 0.15) is 22.3 Å². The Morgan fingerprint density at radius 3 is 1.85 bits per heavy atom. The highest BCUT2D eigenvalue weighted by molar-refractivity contribution is 6.19. The summed E-state index contributed by atoms with van der Waals surface area (Å²) in [7, 11) is 0. The van der Waals surface area contributed by atoms with Gasteiger partial charge in [-0.2, -0.15) is 0 Å². The third kappa shape index (κ3) is 2.91. The Morgan fingerprint density at radius 1 is 0.348 bits per heavy atom. The zero-order chi connectivity index (χ0) is 30.0. The molecule has 0 radical (unpaired) electrons. The maximum Gasteiger partial charge on any atom is 0.136 e. The summed E-state index contributed by atoms with van der Waals surface area (Å²) in [6.45, 7) is 0. The molecule has 0 saturated carbocycles. The lowest BCUT2D eigenvalue weighted by atomic mass is 9.61. The van der Waals surface area contributed by atoms with Crippen LogP contribution in [0.2, 0.25) is 0 Å². The number of benzene rings is 8. The number of hydrogen-bond acceptors (Lipinski definition) is 1. The molecular weight excluding hydrogens is 556 g/mol. The van der Waals surface area contributed by atoms with E-state index in [0.717, 1.165) is 22.1 Å². The first kappa shape index (κ1) is 24.4. The molecule has 0 aliphatic heterocycles. The molecule has 2 aliphatic rings. The SMILES string of the molecule is c1ccc2c(c1)-c1ccc(-c3ccc4c(c3)oc3ccc5ccccc5c34)cc1C21c2ccccc2-c2cccc3cccc1c23. The monoisotopic (exact) mass is 582 g/mol. The maximum absolute atomic E-state index is 6.50. The fraction of sp³-hybridized carbons (Fsp3) is 0.0222. The van der Waals surface area contributed by atoms with Crippen molar-refractivity contribution < 1.29 is 4.42 Å². The van der Waals surface area contributed by atoms with E-state index >= 15 is 0 Å². The third-order valence-corrected chi connectivity index (χ3v) is 10.7. The molecule has 212 valence electrons. The van der Waals surface area contributed by atoms with Gasteiger partial charge in [0.1, 0.15) is 11.2 Å². The lowest BCUT2D eigenvalue weighted by molar-refractivity contribution is 0.669. The molecule has 2 aliphatic carbocycles. The van der Waals surface area contributed by atoms with Gasteiger partial charge in [0.2, 0.25) is 0 Å². The highest BCUT2D eigenvalue weighted by atomic mass is 16.3. The molecule has 0 N–H and O–H groups in total. The molecule has 1 unspecified atom stereocenters. The Balaban J connectivity index is 1.21. The summed E-state index contributed by atoms with van der Waals surface area (Å²) in [5.74, 6) is 0. The summed E-state index contributed by atoms with van der Waals surface area (Å²) in [6.07, 6.45) is 0. The van der Waals surface area contributed by atoms with Gasteiger partial charge >= 0.3 is 0 Å². The van der Waals surface area contributed by atoms with E-state index in [9.17, 15) is 0 Å². The highest BCUT2D eigenvalue weighted by Gasteiger charge is 2.50. The van der Waals surface area contributed by atoms with Crippen LogP contribution in [0.15, 0.2) is 162 Å². The first-order chi connectivity index (χ1) is 22.8. The summed E-state index contributed by atoms with van der Waals surface area (Å²) < 4.78 is 6.50. The molecule has 1 heteroatoms. The maximum atomic E-state index is 6.50. The smallest absolute Gasteiger partial charge is 0.136 e. The van der Waals surface area contributed by atoms with Crippen LogP contribution >= 0.6 is 0 Å². The van der Waals surface area contributed by atoms with Gasteiger partial charge < -0.3 is 4.42 Å². The highest BCUT2D eigenvalue weighted by Crippen LogP contribution is 2.62. The second-order valence-electron chi connectivity index (χ2n) is 12.8. The van der Waals surface area contributed by atoms with E-state index in [1.807, 2.05) is 0 Å². The Morgan fingerprint density at radius 2 is 0.978 bits per heavy atom. The summed E-state index contributed by atoms with van der Waals surface area (Å²) in [6, 6.07) is 58.3. The molecule has 9 aromatic rings. The largest absolute Gasteiger partial charge is 0.456 e. The fourth-order valence-electron chi connectivity index (χ4n) is 8.83. The van der Waals surface area contributed by atoms with Crippen LogP contribution in [-0.4, -0.2) is 0 Å². The molecule has 8 aromatic carbocycles. The molecular formula is C45H26O. The molecule has 11 rings (SSSR count). The number of fused-ring (bicyclic) bond motifs is 14. The molecule has 1 nitrogen and oxygen atoms in total. The van der Waals surface area contributed by atoms with Crippen molar-refractivity contribution in [3.05, 3.63) is 180 Å². The van der Waals surface area contributed by atoms with Crippen LogP contribution in [0.5, 0.6) is 0 Å². The van der Waals surface area contributed by atoms with Crippen LogP contribution in [-0.2, 0) is 5.41 Å². The van der Waals surface area contributed by atoms with E-state index < -0.39 is 5.41 Å². The molecule has 1 heterocycles. The normalized spacial score (nSPS) is 15.9. The Hall–Kier alpha value is -5.92. The van der Waals surface area contributed by atoms with Crippen LogP contribution in [0.4, 0.5) is 0 Å². The van der Waals surface area contributed by atoms with E-state index in [1.165, 1.54) is 77.0 Å². The molecule has 0 fully saturated rings. The second-order valence-corrected chi connectivity index (χ2v) is 12.8. The summed E-state index contributed by atoms with van der Waals surface area (Å²) >= 11 is 0. The van der Waals surface area contributed by atoms with Gasteiger partial charge in [0.15, 0.2) is 0 Å². The molecule has 1 aromatic heterocycles. The van der Waals surface area contributed by atoms with E-state index in [2.05, 4.69) is 158 Å². The van der Waals surface area contributed by atoms with E-state index in [4.69, 9.17) is 4.42 Å². The van der Waals surface area contributed by atoms with Gasteiger partial charge in [-0.05, 0) is 101 Å². The number of hydrogen-bond donors (Lipinski definition) is 0. The quantitative estimate of drug-likeness (QED) is 0.188. The van der Waals surface area contributed by atoms with Gasteiger partial charge in [-0.3, -0.25) is 0 Å². The van der Waals surface area contributed by atoms with Crippen LogP contribution in [0.3, 0.4) is 0 Å². The van der Waals surface area contributed by atoms with Gasteiger partial charge in [-0.1, -0.05) is 133 Å². The summed E-state index contributed by atoms with van der Waals surface area (Å²) in [5, 5.41) is 7.45. The standard InChI is InChI=1S/C45H26O/c1-2-12-31-27(9-1)21-24-41-44(31)36-23-20-30(26-42(36)46-41)29-19-22-34-32-13-3-5-16-37(32)45(40(34)25-29)38-17-6-4-14-33(38)35-15-7-10-28-11-8-18-39(45)43(28)35/h1-26H. The van der Waals surface area contributed by atoms with Crippen molar-refractivity contribution in [2.75, 3.05) is 0 Å². The zero-order valence-corrected chi connectivity index (χ0v) is 24.9. The van der Waals surface area contributed by atoms with Crippen LogP contribution in [0.25, 0.3) is 76.9 Å². The van der Waals surface area contributed by atoms with Gasteiger partial charge in [-0.25, -0.2) is 0 Å². The van der Waals surface area contributed by atoms with Crippen LogP contribution in [0, 0.1) is 0 Å². The predicted octanol–water partition coefficient (Wildman–Crippen LogP) is 11.9. The van der Waals surface area contributed by atoms with E-state index in [1.54, 1.807) is 0 Å². The van der Waals surface area contributed by atoms with Crippen molar-refractivity contribution in [1.82, 2.24) is 0 Å². The van der Waals surface area contributed by atoms with Crippen molar-refractivity contribution in [1.29, 1.82) is 0 Å². The molecule has 0 saturated heterocycles. The molecule has 1 atom stereocenters. The van der Waals surface area contributed by atoms with E-state index in [0.29, 0.717) is 0 Å². The first-order valence-electron chi connectivity index (χ1n) is 16.0. The zero-order valence-electron chi connectivity index (χ0n) is 24.9. The molecule has 46 heavy (non-hydrogen) atoms. The van der Waals surface area contributed by atoms with Crippen LogP contribution < -0.4 is 0 Å². The predicted molar refractivity (Wildman–Crippen MR) is 190 cm³/mol. The molecule has 1 spiro atoms. The Kier molecular flexibility index (Phi) is 4.57. The average molecular weight is 583 g/mol. The molecule has 0 bridgehead atoms. The topological polar surface area (TPSA) is 13.1 Å². The summed E-state index contributed by atoms with van der Waals surface area (Å²) in [4.78, 5) is 0. The Bertz CT molecular complexity index is 2760. The average Bonchev–Trinajstić information content (AvgIpc) is 3.64. The van der Waals surface area contributed by atoms with Crippen molar-refractivity contribution in [2.45, 2.75) is 5.41 Å². The fourth-order valence-corrected chi connectivity index (χ4v) is 8.83. The van der Waals surface area contributed by atoms with Crippen molar-refractivity contribution in [3.63, 3.8) is 0 Å². The lowest BCUT2D eigenvalue weighted by Gasteiger charge is -2.40. The van der Waals surface area contributed by atoms with Gasteiger partial charge in [-0.15, -0.1) is 0 Å². The lowest BCUT2D eigenvalue weighted by Crippen LogP contribution is -2.31. The van der Waals surface area contributed by atoms with E-state index in [-0.39, 0.29) is 0 Å². The molecule has 0 amide bonds. The van der Waals surface area contributed by atoms with Crippen molar-refractivity contribution >= 4 is 43.5 Å². The second kappa shape index (κ2) is 8.62. The van der Waals surface area contributed by atoms with Gasteiger partial charge in [0, 0.05) is 10.8 Å². The minimum atomic E-state index is -0.422. The Labute approximate surface area is 266 Å². The van der Waals surface area contributed by atoms with Crippen molar-refractivity contribution in [2.24, 2.45) is 0 Å². The third-order valence-electron chi connectivity index (χ3n) is 10.7. The van der Waals surface area contributed by atoms with Gasteiger partial charge in [0.25, 0.3) is 0 Å². The summed E-state index contributed by atoms with van der Waals surface area (Å²) in [5.41, 5.74) is 14.5. The van der Waals surface area contributed by atoms with Crippen molar-refractivity contribution in [3.8, 4) is 33.4 Å². The minimum Gasteiger partial charge on any atom is -0.456 e. The minimum absolute atomic E-state index is 0.422. The number of rotatable bonds is 1.